The number of carbonyl (C=O) groups is 1. The fourth-order valence-electron chi connectivity index (χ4n) is 4.17. The molecule has 5 rings (SSSR count). The van der Waals surface area contributed by atoms with E-state index in [4.69, 9.17) is 16.6 Å². The highest BCUT2D eigenvalue weighted by Gasteiger charge is 2.20. The SMILES string of the molecule is Cc1nn(C)c(C)c1-c1cc(C(=O)Nc2nn(Cc3ccccc3F)cc2Cl)c2ccccc2n1. The fourth-order valence-corrected chi connectivity index (χ4v) is 4.37. The molecule has 7 nitrogen and oxygen atoms in total. The summed E-state index contributed by atoms with van der Waals surface area (Å²) in [5.74, 6) is -0.507. The maximum atomic E-state index is 14.0. The monoisotopic (exact) mass is 488 g/mol. The number of halogens is 2. The third-order valence-corrected chi connectivity index (χ3v) is 6.24. The summed E-state index contributed by atoms with van der Waals surface area (Å²) in [6, 6.07) is 15.7. The minimum absolute atomic E-state index is 0.185. The summed E-state index contributed by atoms with van der Waals surface area (Å²) in [5.41, 5.74) is 4.92. The Morgan fingerprint density at radius 2 is 1.83 bits per heavy atom. The Labute approximate surface area is 206 Å². The van der Waals surface area contributed by atoms with Crippen LogP contribution in [0.2, 0.25) is 5.02 Å². The van der Waals surface area contributed by atoms with E-state index in [9.17, 15) is 9.18 Å². The van der Waals surface area contributed by atoms with E-state index in [2.05, 4.69) is 15.5 Å². The molecule has 3 aromatic heterocycles. The third-order valence-electron chi connectivity index (χ3n) is 5.97. The molecule has 0 saturated heterocycles. The predicted molar refractivity (Wildman–Crippen MR) is 134 cm³/mol. The number of carbonyl (C=O) groups excluding carboxylic acids is 1. The first kappa shape index (κ1) is 22.7. The number of hydrogen-bond acceptors (Lipinski definition) is 4. The van der Waals surface area contributed by atoms with Crippen molar-refractivity contribution < 1.29 is 9.18 Å². The van der Waals surface area contributed by atoms with Crippen LogP contribution in [-0.4, -0.2) is 30.5 Å². The van der Waals surface area contributed by atoms with Crippen LogP contribution >= 0.6 is 11.6 Å². The summed E-state index contributed by atoms with van der Waals surface area (Å²) in [4.78, 5) is 18.2. The summed E-state index contributed by atoms with van der Waals surface area (Å²) in [6.45, 7) is 4.07. The zero-order valence-corrected chi connectivity index (χ0v) is 20.1. The Bertz CT molecular complexity index is 1590. The number of para-hydroxylation sites is 1. The van der Waals surface area contributed by atoms with Crippen LogP contribution in [0.25, 0.3) is 22.2 Å². The van der Waals surface area contributed by atoms with E-state index in [1.807, 2.05) is 45.2 Å². The molecule has 0 atom stereocenters. The Balaban J connectivity index is 1.51. The summed E-state index contributed by atoms with van der Waals surface area (Å²) in [5, 5.41) is 12.6. The summed E-state index contributed by atoms with van der Waals surface area (Å²) in [7, 11) is 1.88. The molecule has 1 N–H and O–H groups in total. The van der Waals surface area contributed by atoms with Crippen LogP contribution in [0.4, 0.5) is 10.2 Å². The number of nitrogens with one attached hydrogen (secondary N) is 1. The lowest BCUT2D eigenvalue weighted by Crippen LogP contribution is -2.14. The number of benzene rings is 2. The normalized spacial score (nSPS) is 11.2. The van der Waals surface area contributed by atoms with Gasteiger partial charge in [0.2, 0.25) is 0 Å². The van der Waals surface area contributed by atoms with Gasteiger partial charge in [0.1, 0.15) is 10.8 Å². The Kier molecular flexibility index (Phi) is 5.82. The first-order chi connectivity index (χ1) is 16.8. The van der Waals surface area contributed by atoms with Crippen LogP contribution < -0.4 is 5.32 Å². The van der Waals surface area contributed by atoms with E-state index >= 15 is 0 Å². The highest BCUT2D eigenvalue weighted by Crippen LogP contribution is 2.30. The molecule has 9 heteroatoms. The standard InChI is InChI=1S/C26H22ClFN6O/c1-15-24(16(2)33(3)31-15)23-12-19(18-9-5-7-11-22(18)29-23)26(35)30-25-20(27)14-34(32-25)13-17-8-4-6-10-21(17)28/h4-12,14H,13H2,1-3H3,(H,30,32,35). The maximum Gasteiger partial charge on any atom is 0.257 e. The largest absolute Gasteiger partial charge is 0.304 e. The molecule has 176 valence electrons. The molecule has 0 aliphatic carbocycles. The van der Waals surface area contributed by atoms with E-state index < -0.39 is 0 Å². The molecule has 3 heterocycles. The molecule has 5 aromatic rings. The van der Waals surface area contributed by atoms with E-state index in [1.165, 1.54) is 10.7 Å². The van der Waals surface area contributed by atoms with Crippen LogP contribution in [0.15, 0.2) is 60.8 Å². The van der Waals surface area contributed by atoms with E-state index in [-0.39, 0.29) is 29.1 Å². The number of pyridine rings is 1. The number of anilines is 1. The minimum atomic E-state index is -0.373. The second kappa shape index (κ2) is 8.96. The lowest BCUT2D eigenvalue weighted by molar-refractivity contribution is 0.102. The molecular weight excluding hydrogens is 467 g/mol. The van der Waals surface area contributed by atoms with Gasteiger partial charge in [-0.2, -0.15) is 10.2 Å². The molecule has 35 heavy (non-hydrogen) atoms. The van der Waals surface area contributed by atoms with Crippen LogP contribution in [-0.2, 0) is 13.6 Å². The van der Waals surface area contributed by atoms with Crippen LogP contribution in [0, 0.1) is 19.7 Å². The molecule has 0 saturated carbocycles. The van der Waals surface area contributed by atoms with Gasteiger partial charge in [-0.1, -0.05) is 48.0 Å². The summed E-state index contributed by atoms with van der Waals surface area (Å²) >= 11 is 6.36. The van der Waals surface area contributed by atoms with Crippen molar-refractivity contribution in [3.05, 3.63) is 94.1 Å². The molecule has 2 aromatic carbocycles. The van der Waals surface area contributed by atoms with Crippen molar-refractivity contribution >= 4 is 34.2 Å². The molecule has 1 amide bonds. The van der Waals surface area contributed by atoms with Crippen molar-refractivity contribution in [3.8, 4) is 11.3 Å². The number of aromatic nitrogens is 5. The number of aryl methyl sites for hydroxylation is 2. The maximum absolute atomic E-state index is 14.0. The lowest BCUT2D eigenvalue weighted by Gasteiger charge is -2.10. The molecule has 0 radical (unpaired) electrons. The zero-order chi connectivity index (χ0) is 24.7. The molecular formula is C26H22ClFN6O. The van der Waals surface area contributed by atoms with Gasteiger partial charge in [-0.05, 0) is 32.0 Å². The van der Waals surface area contributed by atoms with Crippen molar-refractivity contribution in [2.24, 2.45) is 7.05 Å². The second-order valence-electron chi connectivity index (χ2n) is 8.31. The highest BCUT2D eigenvalue weighted by molar-refractivity contribution is 6.33. The molecule has 0 fully saturated rings. The summed E-state index contributed by atoms with van der Waals surface area (Å²) in [6.07, 6.45) is 1.56. The second-order valence-corrected chi connectivity index (χ2v) is 8.72. The van der Waals surface area contributed by atoms with Crippen molar-refractivity contribution in [1.29, 1.82) is 0 Å². The molecule has 0 bridgehead atoms. The number of rotatable bonds is 5. The smallest absolute Gasteiger partial charge is 0.257 e. The van der Waals surface area contributed by atoms with Crippen molar-refractivity contribution in [2.45, 2.75) is 20.4 Å². The molecule has 0 unspecified atom stereocenters. The van der Waals surface area contributed by atoms with Gasteiger partial charge in [-0.15, -0.1) is 0 Å². The molecule has 0 aliphatic heterocycles. The van der Waals surface area contributed by atoms with Gasteiger partial charge in [-0.25, -0.2) is 9.37 Å². The van der Waals surface area contributed by atoms with Crippen LogP contribution in [0.3, 0.4) is 0 Å². The first-order valence-corrected chi connectivity index (χ1v) is 11.4. The van der Waals surface area contributed by atoms with Gasteiger partial charge < -0.3 is 5.32 Å². The third kappa shape index (κ3) is 4.28. The van der Waals surface area contributed by atoms with Crippen molar-refractivity contribution in [2.75, 3.05) is 5.32 Å². The van der Waals surface area contributed by atoms with Crippen LogP contribution in [0.5, 0.6) is 0 Å². The Morgan fingerprint density at radius 3 is 2.57 bits per heavy atom. The van der Waals surface area contributed by atoms with Gasteiger partial charge in [0.15, 0.2) is 5.82 Å². The molecule has 0 spiro atoms. The fraction of sp³-hybridized carbons (Fsp3) is 0.154. The predicted octanol–water partition coefficient (Wildman–Crippen LogP) is 5.54. The van der Waals surface area contributed by atoms with Gasteiger partial charge in [-0.3, -0.25) is 14.2 Å². The quantitative estimate of drug-likeness (QED) is 0.352. The van der Waals surface area contributed by atoms with Crippen LogP contribution in [0.1, 0.15) is 27.3 Å². The van der Waals surface area contributed by atoms with Gasteiger partial charge in [0, 0.05) is 35.5 Å². The van der Waals surface area contributed by atoms with Gasteiger partial charge >= 0.3 is 0 Å². The Morgan fingerprint density at radius 1 is 1.09 bits per heavy atom. The lowest BCUT2D eigenvalue weighted by atomic mass is 10.0. The Hall–Kier alpha value is -4.04. The number of amides is 1. The van der Waals surface area contributed by atoms with E-state index in [0.717, 1.165) is 17.0 Å². The first-order valence-electron chi connectivity index (χ1n) is 11.0. The van der Waals surface area contributed by atoms with Gasteiger partial charge in [0.25, 0.3) is 5.91 Å². The molecule has 0 aliphatic rings. The van der Waals surface area contributed by atoms with E-state index in [1.54, 1.807) is 35.1 Å². The topological polar surface area (TPSA) is 77.6 Å². The van der Waals surface area contributed by atoms with Crippen molar-refractivity contribution in [1.82, 2.24) is 24.5 Å². The minimum Gasteiger partial charge on any atom is -0.304 e. The number of hydrogen-bond donors (Lipinski definition) is 1. The number of fused-ring (bicyclic) bond motifs is 1. The number of nitrogens with zero attached hydrogens (tertiary/aromatic N) is 5. The van der Waals surface area contributed by atoms with Gasteiger partial charge in [0.05, 0.1) is 29.0 Å². The summed E-state index contributed by atoms with van der Waals surface area (Å²) < 4.78 is 17.3. The zero-order valence-electron chi connectivity index (χ0n) is 19.4. The van der Waals surface area contributed by atoms with Crippen molar-refractivity contribution in [3.63, 3.8) is 0 Å². The average molecular weight is 489 g/mol. The van der Waals surface area contributed by atoms with E-state index in [0.29, 0.717) is 27.7 Å². The highest BCUT2D eigenvalue weighted by atomic mass is 35.5. The average Bonchev–Trinajstić information content (AvgIpc) is 3.30.